The van der Waals surface area contributed by atoms with Gasteiger partial charge in [-0.05, 0) is 13.8 Å². The summed E-state index contributed by atoms with van der Waals surface area (Å²) in [7, 11) is 0. The topological polar surface area (TPSA) is 151 Å². The minimum atomic E-state index is -1.42. The molecule has 0 saturated carbocycles. The van der Waals surface area contributed by atoms with E-state index in [0.29, 0.717) is 19.9 Å². The third-order valence-electron chi connectivity index (χ3n) is 1.97. The number of ether oxygens (including phenoxy) is 2. The Hall–Kier alpha value is 1.95. The monoisotopic (exact) mass is 887 g/mol. The standard InChI is InChI=1S/C6H10O4.C3H4O3.C3H8O2.CH4.I3.HI.V/c1-4-3-9-6(2,10-4)5(7)8;1-2(4)3(5)6;1-3(5)2-4;;1-3-2;;/h4H,3H2,1-2H3,(H,7,8);1H3,(H,5,6);3-5H,2H2,1H3;1H4;;1H;/q;;;;-1;;/p+1. The van der Waals surface area contributed by atoms with Gasteiger partial charge in [0.25, 0.3) is 5.79 Å². The minimum absolute atomic E-state index is 0. The molecule has 3 atom stereocenters. The molecular formula is C13H28I4O9V. The molecule has 1 aliphatic rings. The Bertz CT molecular complexity index is 383. The summed E-state index contributed by atoms with van der Waals surface area (Å²) >= 11 is 5.30. The molecule has 0 aliphatic carbocycles. The van der Waals surface area contributed by atoms with Crippen LogP contribution in [0.2, 0.25) is 0 Å². The van der Waals surface area contributed by atoms with Crippen LogP contribution in [0.25, 0.3) is 0 Å². The van der Waals surface area contributed by atoms with Gasteiger partial charge in [0.15, 0.2) is 0 Å². The van der Waals surface area contributed by atoms with Gasteiger partial charge in [-0.15, -0.1) is 24.0 Å². The molecule has 14 heteroatoms. The number of carboxylic acid groups (broad SMARTS) is 2. The van der Waals surface area contributed by atoms with Crippen LogP contribution in [0.3, 0.4) is 0 Å². The number of carbonyl (C=O) groups excluding carboxylic acids is 1. The van der Waals surface area contributed by atoms with Gasteiger partial charge in [0.1, 0.15) is 0 Å². The number of carboxylic acids is 2. The number of hydrogen-bond acceptors (Lipinski definition) is 7. The van der Waals surface area contributed by atoms with E-state index in [1.807, 2.05) is 0 Å². The summed E-state index contributed by atoms with van der Waals surface area (Å²) in [5, 5.41) is 32.2. The van der Waals surface area contributed by atoms with Crippen LogP contribution in [0.5, 0.6) is 0 Å². The Balaban J connectivity index is -0.0000000435. The third kappa shape index (κ3) is 30.2. The van der Waals surface area contributed by atoms with Crippen LogP contribution >= 0.6 is 61.2 Å². The summed E-state index contributed by atoms with van der Waals surface area (Å²) in [4.78, 5) is 29.3. The number of aliphatic hydroxyl groups is 2. The maximum atomic E-state index is 10.4. The van der Waals surface area contributed by atoms with E-state index in [9.17, 15) is 14.4 Å². The van der Waals surface area contributed by atoms with Crippen molar-refractivity contribution in [1.29, 1.82) is 0 Å². The molecule has 27 heavy (non-hydrogen) atoms. The fraction of sp³-hybridized carbons (Fsp3) is 0.769. The quantitative estimate of drug-likeness (QED) is 0.215. The molecule has 9 nitrogen and oxygen atoms in total. The van der Waals surface area contributed by atoms with E-state index in [2.05, 4.69) is 37.2 Å². The molecular weight excluding hydrogens is 859 g/mol. The van der Waals surface area contributed by atoms with Crippen LogP contribution in [0.4, 0.5) is 0 Å². The molecule has 1 radical (unpaired) electrons. The molecule has 0 aromatic carbocycles. The van der Waals surface area contributed by atoms with Gasteiger partial charge in [-0.25, -0.2) is 9.59 Å². The van der Waals surface area contributed by atoms with Gasteiger partial charge >= 0.3 is 63.9 Å². The summed E-state index contributed by atoms with van der Waals surface area (Å²) in [5.74, 6) is -4.69. The van der Waals surface area contributed by atoms with E-state index in [4.69, 9.17) is 29.9 Å². The fourth-order valence-electron chi connectivity index (χ4n) is 0.840. The van der Waals surface area contributed by atoms with Gasteiger partial charge in [0.05, 0.1) is 25.4 Å². The number of halogens is 4. The smallest absolute Gasteiger partial charge is 0 e. The summed E-state index contributed by atoms with van der Waals surface area (Å²) < 4.78 is 9.88. The van der Waals surface area contributed by atoms with Crippen molar-refractivity contribution in [3.05, 3.63) is 0 Å². The normalized spacial score (nSPS) is 20.1. The summed E-state index contributed by atoms with van der Waals surface area (Å²) in [5.41, 5.74) is 0. The number of rotatable bonds is 3. The molecule has 0 amide bonds. The van der Waals surface area contributed by atoms with Gasteiger partial charge in [-0.2, -0.15) is 0 Å². The van der Waals surface area contributed by atoms with Crippen LogP contribution in [0.1, 0.15) is 36.5 Å². The van der Waals surface area contributed by atoms with Crippen molar-refractivity contribution in [3.63, 3.8) is 0 Å². The zero-order valence-corrected chi connectivity index (χ0v) is 24.6. The number of ketones is 1. The number of aliphatic carboxylic acids is 2. The largest absolute Gasteiger partial charge is 1.00 e. The average molecular weight is 887 g/mol. The van der Waals surface area contributed by atoms with Crippen molar-refractivity contribution < 1.29 is 77.5 Å². The second-order valence-electron chi connectivity index (χ2n) is 4.44. The Morgan fingerprint density at radius 1 is 1.33 bits per heavy atom. The maximum Gasteiger partial charge on any atom is 1.00 e. The van der Waals surface area contributed by atoms with E-state index >= 15 is 0 Å². The van der Waals surface area contributed by atoms with Gasteiger partial charge in [0.2, 0.25) is 5.78 Å². The number of Topliss-reactive ketones (excluding diaryl/α,β-unsaturated/α-hetero) is 1. The molecule has 1 rings (SSSR count). The van der Waals surface area contributed by atoms with E-state index in [1.165, 1.54) is 13.8 Å². The predicted molar refractivity (Wildman–Crippen MR) is 121 cm³/mol. The molecule has 0 spiro atoms. The van der Waals surface area contributed by atoms with Gasteiger partial charge in [0, 0.05) is 32.4 Å². The first-order chi connectivity index (χ1) is 10.9. The molecule has 1 heterocycles. The van der Waals surface area contributed by atoms with Crippen molar-refractivity contribution in [3.8, 4) is 0 Å². The van der Waals surface area contributed by atoms with Gasteiger partial charge < -0.3 is 29.9 Å². The first-order valence-electron chi connectivity index (χ1n) is 6.32. The Morgan fingerprint density at radius 2 is 1.63 bits per heavy atom. The summed E-state index contributed by atoms with van der Waals surface area (Å²) in [6.45, 7) is 5.91. The number of aliphatic hydroxyl groups excluding tert-OH is 2. The van der Waals surface area contributed by atoms with Gasteiger partial charge in [-0.1, -0.05) is 7.43 Å². The van der Waals surface area contributed by atoms with E-state index in [0.717, 1.165) is 6.92 Å². The molecule has 1 aliphatic heterocycles. The maximum absolute atomic E-state index is 10.4. The third-order valence-corrected chi connectivity index (χ3v) is 1.97. The van der Waals surface area contributed by atoms with Crippen molar-refractivity contribution in [1.82, 2.24) is 0 Å². The van der Waals surface area contributed by atoms with E-state index in [1.54, 1.807) is 6.92 Å². The molecule has 1 saturated heterocycles. The molecule has 1 fully saturated rings. The van der Waals surface area contributed by atoms with Crippen molar-refractivity contribution in [2.45, 2.75) is 53.1 Å². The molecule has 0 aromatic rings. The second-order valence-corrected chi connectivity index (χ2v) is 20.7. The van der Waals surface area contributed by atoms with Crippen molar-refractivity contribution in [2.75, 3.05) is 13.2 Å². The Labute approximate surface area is 220 Å². The van der Waals surface area contributed by atoms with Crippen LogP contribution < -0.4 is 13.3 Å². The summed E-state index contributed by atoms with van der Waals surface area (Å²) in [6.07, 6.45) is -0.684. The number of carbonyl (C=O) groups is 3. The predicted octanol–water partition coefficient (Wildman–Crippen LogP) is -0.618. The van der Waals surface area contributed by atoms with Crippen LogP contribution in [-0.2, 0) is 42.4 Å². The van der Waals surface area contributed by atoms with Gasteiger partial charge in [-0.3, -0.25) is 4.79 Å². The minimum Gasteiger partial charge on any atom is 0 e. The average Bonchev–Trinajstić information content (AvgIpc) is 2.82. The first-order valence-corrected chi connectivity index (χ1v) is 18.9. The molecule has 4 N–H and O–H groups in total. The van der Waals surface area contributed by atoms with Crippen LogP contribution in [-0.4, -0.2) is 69.4 Å². The van der Waals surface area contributed by atoms with E-state index in [-0.39, 0.29) is 64.1 Å². The fourth-order valence-corrected chi connectivity index (χ4v) is 0.840. The van der Waals surface area contributed by atoms with Crippen molar-refractivity contribution in [2.24, 2.45) is 0 Å². The molecule has 0 bridgehead atoms. The zero-order valence-electron chi connectivity index (χ0n) is 15.4. The molecule has 167 valence electrons. The Kier molecular flexibility index (Phi) is 41.3. The number of hydrogen-bond donors (Lipinski definition) is 4. The first kappa shape index (κ1) is 42.9. The SMILES string of the molecule is C.CC(=O)C(=O)O.CC(O)CO.CC1COC(C)(C(=O)O)O1.I.I[I-]I.[H+].[V]. The summed E-state index contributed by atoms with van der Waals surface area (Å²) in [6, 6.07) is 0. The van der Waals surface area contributed by atoms with Crippen molar-refractivity contribution >= 4 is 78.9 Å². The molecule has 0 aromatic heterocycles. The van der Waals surface area contributed by atoms with Crippen LogP contribution in [0, 0.1) is 0 Å². The second kappa shape index (κ2) is 26.0. The molecule has 3 unspecified atom stereocenters. The van der Waals surface area contributed by atoms with Crippen LogP contribution in [0.15, 0.2) is 0 Å². The Morgan fingerprint density at radius 3 is 1.70 bits per heavy atom. The van der Waals surface area contributed by atoms with E-state index < -0.39 is 29.6 Å². The zero-order chi connectivity index (χ0) is 19.9.